The van der Waals surface area contributed by atoms with Crippen LogP contribution in [0.5, 0.6) is 11.5 Å². The summed E-state index contributed by atoms with van der Waals surface area (Å²) in [6.07, 6.45) is 11.1. The van der Waals surface area contributed by atoms with Crippen molar-refractivity contribution in [3.63, 3.8) is 0 Å². The van der Waals surface area contributed by atoms with E-state index in [0.717, 1.165) is 55.5 Å². The average molecular weight is 479 g/mol. The lowest BCUT2D eigenvalue weighted by Gasteiger charge is -2.64. The van der Waals surface area contributed by atoms with Gasteiger partial charge in [-0.15, -0.1) is 0 Å². The van der Waals surface area contributed by atoms with Crippen LogP contribution in [-0.4, -0.2) is 69.8 Å². The smallest absolute Gasteiger partial charge is 0.246 e. The second-order valence-electron chi connectivity index (χ2n) is 10.7. The lowest BCUT2D eigenvalue weighted by Crippen LogP contribution is -2.78. The van der Waals surface area contributed by atoms with Gasteiger partial charge in [0.1, 0.15) is 6.10 Å². The maximum absolute atomic E-state index is 13.2. The maximum atomic E-state index is 13.2. The number of hydrogen-bond donors (Lipinski definition) is 2. The van der Waals surface area contributed by atoms with Crippen molar-refractivity contribution in [2.75, 3.05) is 20.1 Å². The van der Waals surface area contributed by atoms with Crippen molar-refractivity contribution >= 4 is 12.0 Å². The predicted molar refractivity (Wildman–Crippen MR) is 131 cm³/mol. The van der Waals surface area contributed by atoms with Gasteiger partial charge in [0.2, 0.25) is 5.91 Å². The van der Waals surface area contributed by atoms with E-state index in [0.29, 0.717) is 18.6 Å². The van der Waals surface area contributed by atoms with E-state index in [2.05, 4.69) is 11.8 Å². The van der Waals surface area contributed by atoms with Gasteiger partial charge in [0.15, 0.2) is 11.5 Å². The Labute approximate surface area is 206 Å². The van der Waals surface area contributed by atoms with Gasteiger partial charge in [-0.05, 0) is 69.0 Å². The van der Waals surface area contributed by atoms with Gasteiger partial charge in [-0.2, -0.15) is 0 Å². The van der Waals surface area contributed by atoms with Crippen LogP contribution in [0.25, 0.3) is 6.08 Å². The molecule has 35 heavy (non-hydrogen) atoms. The first kappa shape index (κ1) is 22.7. The normalized spacial score (nSPS) is 32.9. The Morgan fingerprint density at radius 2 is 2.17 bits per heavy atom. The van der Waals surface area contributed by atoms with E-state index in [1.54, 1.807) is 41.7 Å². The number of phenols is 1. The number of furan rings is 1. The van der Waals surface area contributed by atoms with E-state index in [1.165, 1.54) is 0 Å². The second-order valence-corrected chi connectivity index (χ2v) is 10.7. The summed E-state index contributed by atoms with van der Waals surface area (Å²) in [5.74, 6) is 0.511. The molecule has 1 spiro atoms. The molecule has 2 bridgehead atoms. The van der Waals surface area contributed by atoms with Crippen LogP contribution in [0.3, 0.4) is 0 Å². The Bertz CT molecular complexity index is 1160. The third-order valence-electron chi connectivity index (χ3n) is 9.15. The summed E-state index contributed by atoms with van der Waals surface area (Å²) in [5.41, 5.74) is 1.38. The van der Waals surface area contributed by atoms with Gasteiger partial charge in [-0.25, -0.2) is 0 Å². The lowest BCUT2D eigenvalue weighted by atomic mass is 9.48. The minimum absolute atomic E-state index is 0.0137. The number of benzene rings is 1. The Balaban J connectivity index is 1.39. The van der Waals surface area contributed by atoms with Crippen LogP contribution in [0.15, 0.2) is 41.2 Å². The maximum Gasteiger partial charge on any atom is 0.246 e. The van der Waals surface area contributed by atoms with Crippen molar-refractivity contribution in [2.45, 2.75) is 74.7 Å². The zero-order valence-corrected chi connectivity index (χ0v) is 20.4. The number of piperidine rings is 1. The van der Waals surface area contributed by atoms with Crippen LogP contribution in [0.2, 0.25) is 0 Å². The topological polar surface area (TPSA) is 86.4 Å². The molecule has 1 saturated carbocycles. The molecule has 3 heterocycles. The molecule has 4 aliphatic rings. The van der Waals surface area contributed by atoms with Crippen molar-refractivity contribution in [2.24, 2.45) is 0 Å². The molecule has 2 aromatic rings. The molecule has 0 radical (unpaired) electrons. The first-order valence-corrected chi connectivity index (χ1v) is 12.9. The molecule has 7 heteroatoms. The number of carbonyl (C=O) groups excluding carboxylic acids is 1. The fraction of sp³-hybridized carbons (Fsp3) is 0.536. The van der Waals surface area contributed by atoms with Gasteiger partial charge in [-0.1, -0.05) is 19.4 Å². The summed E-state index contributed by atoms with van der Waals surface area (Å²) < 4.78 is 11.7. The van der Waals surface area contributed by atoms with Gasteiger partial charge in [-0.3, -0.25) is 9.69 Å². The van der Waals surface area contributed by atoms with Gasteiger partial charge in [0.05, 0.1) is 29.6 Å². The zero-order chi connectivity index (χ0) is 24.4. The highest BCUT2D eigenvalue weighted by Crippen LogP contribution is 2.65. The van der Waals surface area contributed by atoms with E-state index in [1.807, 2.05) is 13.1 Å². The second kappa shape index (κ2) is 8.14. The van der Waals surface area contributed by atoms with Crippen LogP contribution < -0.4 is 4.74 Å². The minimum Gasteiger partial charge on any atom is -0.504 e. The van der Waals surface area contributed by atoms with Crippen molar-refractivity contribution in [1.82, 2.24) is 9.80 Å². The van der Waals surface area contributed by atoms with Gasteiger partial charge >= 0.3 is 0 Å². The Morgan fingerprint density at radius 1 is 1.31 bits per heavy atom. The molecule has 1 aromatic heterocycles. The summed E-state index contributed by atoms with van der Waals surface area (Å²) in [7, 11) is 1.82. The van der Waals surface area contributed by atoms with Crippen LogP contribution in [0, 0.1) is 0 Å². The predicted octanol–water partition coefficient (Wildman–Crippen LogP) is 3.48. The number of nitrogens with zero attached hydrogens (tertiary/aromatic N) is 2. The molecular weight excluding hydrogens is 444 g/mol. The average Bonchev–Trinajstić information content (AvgIpc) is 3.49. The van der Waals surface area contributed by atoms with E-state index in [9.17, 15) is 15.0 Å². The minimum atomic E-state index is -0.956. The number of carbonyl (C=O) groups is 1. The molecule has 1 aromatic carbocycles. The quantitative estimate of drug-likeness (QED) is 0.619. The van der Waals surface area contributed by atoms with Crippen molar-refractivity contribution in [3.8, 4) is 11.5 Å². The number of likely N-dealkylation sites (tertiary alicyclic amines) is 1. The number of phenolic OH excluding ortho intramolecular Hbond substituents is 1. The monoisotopic (exact) mass is 478 g/mol. The largest absolute Gasteiger partial charge is 0.504 e. The number of amides is 1. The van der Waals surface area contributed by atoms with Crippen molar-refractivity contribution < 1.29 is 24.2 Å². The lowest BCUT2D eigenvalue weighted by molar-refractivity contribution is -0.199. The van der Waals surface area contributed by atoms with Gasteiger partial charge in [0, 0.05) is 30.3 Å². The third kappa shape index (κ3) is 3.07. The number of aromatic hydroxyl groups is 1. The standard InChI is InChI=1S/C28H34N2O5/c1-3-4-13-30-14-12-27-24-19-6-7-21(31)25(24)35-26(27)20(9-11-28(27,33)22(30)16-19)29(2)23(32)8-5-18-10-15-34-17-18/h5-8,10,15,17,20,22,26,31,33H,3-4,9,11-14,16H2,1-2H3/t20-,22-,26+,27+,28-/m1/s1. The highest BCUT2D eigenvalue weighted by molar-refractivity contribution is 5.91. The van der Waals surface area contributed by atoms with E-state index in [4.69, 9.17) is 9.15 Å². The van der Waals surface area contributed by atoms with Gasteiger partial charge < -0.3 is 24.3 Å². The van der Waals surface area contributed by atoms with Crippen LogP contribution in [0.4, 0.5) is 0 Å². The van der Waals surface area contributed by atoms with E-state index in [-0.39, 0.29) is 23.7 Å². The van der Waals surface area contributed by atoms with E-state index < -0.39 is 17.1 Å². The molecule has 2 aliphatic carbocycles. The molecule has 186 valence electrons. The van der Waals surface area contributed by atoms with Crippen molar-refractivity contribution in [3.05, 3.63) is 53.5 Å². The molecule has 1 amide bonds. The first-order valence-electron chi connectivity index (χ1n) is 12.9. The Kier molecular flexibility index (Phi) is 5.27. The summed E-state index contributed by atoms with van der Waals surface area (Å²) in [5, 5.41) is 23.3. The van der Waals surface area contributed by atoms with Crippen LogP contribution >= 0.6 is 0 Å². The summed E-state index contributed by atoms with van der Waals surface area (Å²) >= 11 is 0. The Hall–Kier alpha value is -2.77. The number of hydrogen-bond acceptors (Lipinski definition) is 6. The Morgan fingerprint density at radius 3 is 2.94 bits per heavy atom. The van der Waals surface area contributed by atoms with Crippen molar-refractivity contribution in [1.29, 1.82) is 0 Å². The van der Waals surface area contributed by atoms with Crippen LogP contribution in [0.1, 0.15) is 55.7 Å². The fourth-order valence-corrected chi connectivity index (χ4v) is 7.45. The number of aliphatic hydroxyl groups is 1. The van der Waals surface area contributed by atoms with E-state index >= 15 is 0 Å². The fourth-order valence-electron chi connectivity index (χ4n) is 7.45. The van der Waals surface area contributed by atoms with Gasteiger partial charge in [0.25, 0.3) is 0 Å². The third-order valence-corrected chi connectivity index (χ3v) is 9.15. The molecule has 2 N–H and O–H groups in total. The molecular formula is C28H34N2O5. The molecule has 6 rings (SSSR count). The summed E-state index contributed by atoms with van der Waals surface area (Å²) in [6, 6.07) is 5.33. The first-order chi connectivity index (χ1) is 16.9. The number of rotatable bonds is 6. The highest BCUT2D eigenvalue weighted by Gasteiger charge is 2.73. The summed E-state index contributed by atoms with van der Waals surface area (Å²) in [4.78, 5) is 17.4. The molecule has 0 unspecified atom stereocenters. The number of ether oxygens (including phenoxy) is 1. The molecule has 2 aliphatic heterocycles. The number of unbranched alkanes of at least 4 members (excludes halogenated alkanes) is 1. The highest BCUT2D eigenvalue weighted by atomic mass is 16.5. The number of likely N-dealkylation sites (N-methyl/N-ethyl adjacent to an activating group) is 1. The summed E-state index contributed by atoms with van der Waals surface area (Å²) in [6.45, 7) is 4.06. The van der Waals surface area contributed by atoms with Crippen LogP contribution in [-0.2, 0) is 16.6 Å². The zero-order valence-electron chi connectivity index (χ0n) is 20.4. The molecule has 5 atom stereocenters. The molecule has 7 nitrogen and oxygen atoms in total. The molecule has 1 saturated heterocycles. The SMILES string of the molecule is CCCCN1CC[C@]23c4c5ccc(O)c4O[C@H]2[C@H](N(C)C(=O)C=Cc2ccoc2)CC[C@@]3(O)[C@H]1C5. The molecule has 2 fully saturated rings.